The van der Waals surface area contributed by atoms with Crippen LogP contribution in [0.1, 0.15) is 53.4 Å². The molecule has 0 aliphatic heterocycles. The SMILES string of the molecule is C.C.COCCCCCCCCO.I. The van der Waals surface area contributed by atoms with E-state index in [9.17, 15) is 0 Å². The molecule has 0 aromatic heterocycles. The smallest absolute Gasteiger partial charge is 0.0462 e. The molecule has 0 rings (SSSR count). The Kier molecular flexibility index (Phi) is 40.3. The van der Waals surface area contributed by atoms with Gasteiger partial charge in [-0.1, -0.05) is 40.5 Å². The van der Waals surface area contributed by atoms with Gasteiger partial charge in [-0.15, -0.1) is 24.0 Å². The molecule has 0 aromatic carbocycles. The van der Waals surface area contributed by atoms with Crippen LogP contribution >= 0.6 is 24.0 Å². The molecule has 3 heteroatoms. The van der Waals surface area contributed by atoms with E-state index >= 15 is 0 Å². The molecule has 92 valence electrons. The molecule has 2 nitrogen and oxygen atoms in total. The fourth-order valence-electron chi connectivity index (χ4n) is 1.07. The molecule has 0 saturated carbocycles. The summed E-state index contributed by atoms with van der Waals surface area (Å²) in [5, 5.41) is 8.49. The van der Waals surface area contributed by atoms with Gasteiger partial charge in [0.05, 0.1) is 0 Å². The lowest BCUT2D eigenvalue weighted by Gasteiger charge is -1.99. The van der Waals surface area contributed by atoms with Crippen LogP contribution in [0.3, 0.4) is 0 Å². The van der Waals surface area contributed by atoms with Crippen molar-refractivity contribution in [1.29, 1.82) is 0 Å². The molecule has 0 atom stereocenters. The number of halogens is 1. The Balaban J connectivity index is -0.000000167. The van der Waals surface area contributed by atoms with Crippen molar-refractivity contribution >= 4 is 24.0 Å². The van der Waals surface area contributed by atoms with Gasteiger partial charge in [0.1, 0.15) is 0 Å². The number of rotatable bonds is 8. The lowest BCUT2D eigenvalue weighted by Crippen LogP contribution is -1.88. The Morgan fingerprint density at radius 2 is 1.29 bits per heavy atom. The van der Waals surface area contributed by atoms with Gasteiger partial charge in [-0.05, 0) is 12.8 Å². The van der Waals surface area contributed by atoms with E-state index in [0.29, 0.717) is 6.61 Å². The molecular formula is C11H29IO2. The Morgan fingerprint density at radius 1 is 0.857 bits per heavy atom. The number of ether oxygens (including phenoxy) is 1. The van der Waals surface area contributed by atoms with Crippen LogP contribution in [0, 0.1) is 0 Å². The van der Waals surface area contributed by atoms with E-state index in [1.165, 1.54) is 32.1 Å². The minimum Gasteiger partial charge on any atom is -0.396 e. The maximum atomic E-state index is 8.49. The summed E-state index contributed by atoms with van der Waals surface area (Å²) in [5.41, 5.74) is 0. The second kappa shape index (κ2) is 23.5. The minimum absolute atomic E-state index is 0. The molecule has 0 spiro atoms. The van der Waals surface area contributed by atoms with Crippen LogP contribution in [0.4, 0.5) is 0 Å². The second-order valence-corrected chi connectivity index (χ2v) is 2.84. The monoisotopic (exact) mass is 320 g/mol. The first kappa shape index (κ1) is 24.1. The van der Waals surface area contributed by atoms with Crippen LogP contribution in [-0.2, 0) is 4.74 Å². The normalized spacial score (nSPS) is 8.14. The lowest BCUT2D eigenvalue weighted by molar-refractivity contribution is 0.191. The second-order valence-electron chi connectivity index (χ2n) is 2.84. The van der Waals surface area contributed by atoms with Crippen LogP contribution in [0.25, 0.3) is 0 Å². The maximum absolute atomic E-state index is 8.49. The van der Waals surface area contributed by atoms with Gasteiger partial charge >= 0.3 is 0 Å². The zero-order chi connectivity index (χ0) is 8.36. The highest BCUT2D eigenvalue weighted by molar-refractivity contribution is 14.0. The largest absolute Gasteiger partial charge is 0.396 e. The molecule has 0 heterocycles. The Labute approximate surface area is 107 Å². The van der Waals surface area contributed by atoms with Crippen molar-refractivity contribution < 1.29 is 9.84 Å². The van der Waals surface area contributed by atoms with Crippen LogP contribution < -0.4 is 0 Å². The van der Waals surface area contributed by atoms with E-state index in [1.807, 2.05) is 0 Å². The van der Waals surface area contributed by atoms with Gasteiger partial charge in [0.15, 0.2) is 0 Å². The van der Waals surface area contributed by atoms with E-state index in [-0.39, 0.29) is 38.8 Å². The third-order valence-electron chi connectivity index (χ3n) is 1.76. The van der Waals surface area contributed by atoms with Crippen molar-refractivity contribution in [1.82, 2.24) is 0 Å². The third-order valence-corrected chi connectivity index (χ3v) is 1.76. The van der Waals surface area contributed by atoms with Gasteiger partial charge in [-0.25, -0.2) is 0 Å². The highest BCUT2D eigenvalue weighted by Crippen LogP contribution is 2.04. The van der Waals surface area contributed by atoms with Gasteiger partial charge in [0, 0.05) is 20.3 Å². The van der Waals surface area contributed by atoms with Crippen LogP contribution in [-0.4, -0.2) is 25.4 Å². The van der Waals surface area contributed by atoms with Crippen LogP contribution in [0.15, 0.2) is 0 Å². The van der Waals surface area contributed by atoms with E-state index in [4.69, 9.17) is 9.84 Å². The third kappa shape index (κ3) is 22.9. The number of aliphatic hydroxyl groups excluding tert-OH is 1. The van der Waals surface area contributed by atoms with E-state index in [0.717, 1.165) is 13.0 Å². The molecule has 0 unspecified atom stereocenters. The average molecular weight is 320 g/mol. The summed E-state index contributed by atoms with van der Waals surface area (Å²) < 4.78 is 4.93. The molecule has 0 aromatic rings. The number of hydrogen-bond donors (Lipinski definition) is 1. The van der Waals surface area contributed by atoms with Crippen molar-refractivity contribution in [3.8, 4) is 0 Å². The van der Waals surface area contributed by atoms with Gasteiger partial charge < -0.3 is 9.84 Å². The molecule has 0 radical (unpaired) electrons. The van der Waals surface area contributed by atoms with Gasteiger partial charge in [0.2, 0.25) is 0 Å². The van der Waals surface area contributed by atoms with Crippen LogP contribution in [0.5, 0.6) is 0 Å². The topological polar surface area (TPSA) is 29.5 Å². The fraction of sp³-hybridized carbons (Fsp3) is 1.00. The Hall–Kier alpha value is 0.650. The summed E-state index contributed by atoms with van der Waals surface area (Å²) in [6.07, 6.45) is 7.11. The standard InChI is InChI=1S/C9H20O2.2CH4.HI/c1-11-9-7-5-3-2-4-6-8-10;;;/h10H,2-9H2,1H3;2*1H4;1H. The molecular weight excluding hydrogens is 291 g/mol. The number of hydrogen-bond acceptors (Lipinski definition) is 2. The molecule has 1 N–H and O–H groups in total. The van der Waals surface area contributed by atoms with E-state index in [1.54, 1.807) is 7.11 Å². The number of aliphatic hydroxyl groups is 1. The Bertz CT molecular complexity index is 62.3. The minimum atomic E-state index is 0. The first-order valence-electron chi connectivity index (χ1n) is 4.51. The van der Waals surface area contributed by atoms with Gasteiger partial charge in [-0.2, -0.15) is 0 Å². The summed E-state index contributed by atoms with van der Waals surface area (Å²) in [5.74, 6) is 0. The molecule has 0 bridgehead atoms. The fourth-order valence-corrected chi connectivity index (χ4v) is 1.07. The number of unbranched alkanes of at least 4 members (excludes halogenated alkanes) is 5. The highest BCUT2D eigenvalue weighted by atomic mass is 127. The van der Waals surface area contributed by atoms with Crippen molar-refractivity contribution in [2.75, 3.05) is 20.3 Å². The molecule has 14 heavy (non-hydrogen) atoms. The quantitative estimate of drug-likeness (QED) is 0.544. The van der Waals surface area contributed by atoms with Gasteiger partial charge in [0.25, 0.3) is 0 Å². The van der Waals surface area contributed by atoms with E-state index in [2.05, 4.69) is 0 Å². The lowest BCUT2D eigenvalue weighted by atomic mass is 10.1. The molecule has 0 amide bonds. The summed E-state index contributed by atoms with van der Waals surface area (Å²) in [7, 11) is 1.74. The van der Waals surface area contributed by atoms with Crippen molar-refractivity contribution in [3.05, 3.63) is 0 Å². The zero-order valence-electron chi connectivity index (χ0n) is 7.92. The predicted octanol–water partition coefficient (Wildman–Crippen LogP) is 3.86. The summed E-state index contributed by atoms with van der Waals surface area (Å²) >= 11 is 0. The summed E-state index contributed by atoms with van der Waals surface area (Å²) in [6, 6.07) is 0. The van der Waals surface area contributed by atoms with Crippen molar-refractivity contribution in [2.45, 2.75) is 53.4 Å². The average Bonchev–Trinajstić information content (AvgIpc) is 2.03. The Morgan fingerprint density at radius 3 is 1.71 bits per heavy atom. The predicted molar refractivity (Wildman–Crippen MR) is 75.5 cm³/mol. The van der Waals surface area contributed by atoms with Crippen molar-refractivity contribution in [2.24, 2.45) is 0 Å². The van der Waals surface area contributed by atoms with Crippen LogP contribution in [0.2, 0.25) is 0 Å². The van der Waals surface area contributed by atoms with Crippen molar-refractivity contribution in [3.63, 3.8) is 0 Å². The van der Waals surface area contributed by atoms with E-state index < -0.39 is 0 Å². The molecule has 0 aliphatic carbocycles. The zero-order valence-corrected chi connectivity index (χ0v) is 10.3. The molecule has 0 saturated heterocycles. The summed E-state index contributed by atoms with van der Waals surface area (Å²) in [6.45, 7) is 1.23. The highest BCUT2D eigenvalue weighted by Gasteiger charge is 1.89. The first-order valence-corrected chi connectivity index (χ1v) is 4.51. The van der Waals surface area contributed by atoms with Gasteiger partial charge in [-0.3, -0.25) is 0 Å². The maximum Gasteiger partial charge on any atom is 0.0462 e. The summed E-state index contributed by atoms with van der Waals surface area (Å²) in [4.78, 5) is 0. The number of methoxy groups -OCH3 is 1. The molecule has 0 aliphatic rings. The molecule has 0 fully saturated rings. The first-order chi connectivity index (χ1) is 5.41.